The number of fused-ring (bicyclic) bond motifs is 1. The van der Waals surface area contributed by atoms with E-state index in [1.807, 2.05) is 31.2 Å². The van der Waals surface area contributed by atoms with Crippen molar-refractivity contribution in [3.05, 3.63) is 58.4 Å². The van der Waals surface area contributed by atoms with Gasteiger partial charge in [-0.05, 0) is 30.7 Å². The Hall–Kier alpha value is -2.78. The predicted molar refractivity (Wildman–Crippen MR) is 110 cm³/mol. The number of esters is 1. The highest BCUT2D eigenvalue weighted by Gasteiger charge is 2.15. The van der Waals surface area contributed by atoms with Crippen LogP contribution in [0.3, 0.4) is 0 Å². The highest BCUT2D eigenvalue weighted by atomic mass is 32.2. The first kappa shape index (κ1) is 20.9. The van der Waals surface area contributed by atoms with Gasteiger partial charge in [-0.2, -0.15) is 4.99 Å². The molecule has 0 unspecified atom stereocenters. The molecule has 0 saturated heterocycles. The lowest BCUT2D eigenvalue weighted by atomic mass is 10.1. The molecule has 0 aliphatic carbocycles. The van der Waals surface area contributed by atoms with Crippen LogP contribution in [-0.4, -0.2) is 38.2 Å². The van der Waals surface area contributed by atoms with E-state index in [-0.39, 0.29) is 23.8 Å². The van der Waals surface area contributed by atoms with E-state index in [2.05, 4.69) is 4.99 Å². The quantitative estimate of drug-likeness (QED) is 0.577. The number of carbonyl (C=O) groups is 2. The highest BCUT2D eigenvalue weighted by molar-refractivity contribution is 7.90. The lowest BCUT2D eigenvalue weighted by Gasteiger charge is -2.04. The Labute approximate surface area is 172 Å². The van der Waals surface area contributed by atoms with E-state index in [9.17, 15) is 18.0 Å². The monoisotopic (exact) mass is 432 g/mol. The van der Waals surface area contributed by atoms with Gasteiger partial charge in [-0.3, -0.25) is 9.59 Å². The first-order valence-corrected chi connectivity index (χ1v) is 11.4. The number of amides is 1. The second-order valence-corrected chi connectivity index (χ2v) is 9.64. The summed E-state index contributed by atoms with van der Waals surface area (Å²) < 4.78 is 30.6. The van der Waals surface area contributed by atoms with E-state index in [1.54, 1.807) is 10.6 Å². The molecule has 0 saturated carbocycles. The number of sulfone groups is 1. The maximum atomic E-state index is 12.5. The number of methoxy groups -OCH3 is 1. The molecule has 152 valence electrons. The molecule has 2 aromatic carbocycles. The van der Waals surface area contributed by atoms with Crippen molar-refractivity contribution >= 4 is 43.3 Å². The van der Waals surface area contributed by atoms with E-state index >= 15 is 0 Å². The average Bonchev–Trinajstić information content (AvgIpc) is 2.97. The molecule has 0 aliphatic rings. The van der Waals surface area contributed by atoms with Crippen LogP contribution in [-0.2, 0) is 37.1 Å². The van der Waals surface area contributed by atoms with Crippen LogP contribution in [0.2, 0.25) is 0 Å². The van der Waals surface area contributed by atoms with E-state index in [4.69, 9.17) is 4.74 Å². The SMILES string of the molecule is COC(=O)Cn1c(=NC(=O)Cc2cccc(C)c2)sc2cc(S(C)(=O)=O)ccc21. The highest BCUT2D eigenvalue weighted by Crippen LogP contribution is 2.22. The summed E-state index contributed by atoms with van der Waals surface area (Å²) in [5, 5.41) is 0. The minimum absolute atomic E-state index is 0.128. The van der Waals surface area contributed by atoms with Gasteiger partial charge < -0.3 is 9.30 Å². The Balaban J connectivity index is 2.08. The Bertz CT molecular complexity index is 1270. The first-order valence-electron chi connectivity index (χ1n) is 8.71. The van der Waals surface area contributed by atoms with Gasteiger partial charge in [-0.1, -0.05) is 41.2 Å². The normalized spacial score (nSPS) is 12.3. The number of benzene rings is 2. The van der Waals surface area contributed by atoms with Gasteiger partial charge >= 0.3 is 5.97 Å². The largest absolute Gasteiger partial charge is 0.468 e. The van der Waals surface area contributed by atoms with Crippen LogP contribution >= 0.6 is 11.3 Å². The summed E-state index contributed by atoms with van der Waals surface area (Å²) in [5.41, 5.74) is 2.50. The molecule has 0 fully saturated rings. The number of nitrogens with zero attached hydrogens (tertiary/aromatic N) is 2. The minimum atomic E-state index is -3.39. The first-order chi connectivity index (χ1) is 13.7. The molecule has 0 N–H and O–H groups in total. The number of carbonyl (C=O) groups excluding carboxylic acids is 2. The predicted octanol–water partition coefficient (Wildman–Crippen LogP) is 2.26. The zero-order valence-corrected chi connectivity index (χ0v) is 17.8. The van der Waals surface area contributed by atoms with Gasteiger partial charge in [-0.25, -0.2) is 8.42 Å². The number of thiazole rings is 1. The molecule has 0 radical (unpaired) electrons. The number of hydrogen-bond donors (Lipinski definition) is 0. The molecule has 1 amide bonds. The number of hydrogen-bond acceptors (Lipinski definition) is 6. The van der Waals surface area contributed by atoms with Crippen LogP contribution in [0.25, 0.3) is 10.2 Å². The van der Waals surface area contributed by atoms with Crippen molar-refractivity contribution in [2.24, 2.45) is 4.99 Å². The summed E-state index contributed by atoms with van der Waals surface area (Å²) >= 11 is 1.15. The zero-order chi connectivity index (χ0) is 21.2. The fourth-order valence-electron chi connectivity index (χ4n) is 2.86. The molecular formula is C20H20N2O5S2. The van der Waals surface area contributed by atoms with Crippen LogP contribution in [0.1, 0.15) is 11.1 Å². The maximum absolute atomic E-state index is 12.5. The molecule has 29 heavy (non-hydrogen) atoms. The molecule has 0 aliphatic heterocycles. The summed E-state index contributed by atoms with van der Waals surface area (Å²) in [6, 6.07) is 12.2. The molecule has 1 aromatic heterocycles. The summed E-state index contributed by atoms with van der Waals surface area (Å²) in [4.78, 5) is 29.0. The van der Waals surface area contributed by atoms with Crippen LogP contribution < -0.4 is 4.80 Å². The topological polar surface area (TPSA) is 94.8 Å². The van der Waals surface area contributed by atoms with E-state index < -0.39 is 15.8 Å². The second kappa shape index (κ2) is 8.30. The number of rotatable bonds is 5. The molecule has 9 heteroatoms. The third kappa shape index (κ3) is 4.99. The van der Waals surface area contributed by atoms with E-state index in [0.717, 1.165) is 28.7 Å². The van der Waals surface area contributed by atoms with Crippen molar-refractivity contribution in [2.75, 3.05) is 13.4 Å². The fraction of sp³-hybridized carbons (Fsp3) is 0.250. The third-order valence-electron chi connectivity index (χ3n) is 4.26. The summed E-state index contributed by atoms with van der Waals surface area (Å²) in [7, 11) is -2.11. The lowest BCUT2D eigenvalue weighted by molar-refractivity contribution is -0.141. The summed E-state index contributed by atoms with van der Waals surface area (Å²) in [5.74, 6) is -0.853. The second-order valence-electron chi connectivity index (χ2n) is 6.62. The van der Waals surface area contributed by atoms with Gasteiger partial charge in [0.05, 0.1) is 28.6 Å². The van der Waals surface area contributed by atoms with E-state index in [1.165, 1.54) is 19.2 Å². The van der Waals surface area contributed by atoms with Gasteiger partial charge in [0.25, 0.3) is 5.91 Å². The fourth-order valence-corrected chi connectivity index (χ4v) is 4.67. The minimum Gasteiger partial charge on any atom is -0.468 e. The molecule has 0 bridgehead atoms. The Morgan fingerprint density at radius 2 is 1.93 bits per heavy atom. The van der Waals surface area contributed by atoms with Gasteiger partial charge in [0.15, 0.2) is 14.6 Å². The van der Waals surface area contributed by atoms with Crippen molar-refractivity contribution < 1.29 is 22.7 Å². The van der Waals surface area contributed by atoms with Crippen LogP contribution in [0.5, 0.6) is 0 Å². The molecular weight excluding hydrogens is 412 g/mol. The molecule has 1 heterocycles. The van der Waals surface area contributed by atoms with Crippen LogP contribution in [0, 0.1) is 6.92 Å². The average molecular weight is 433 g/mol. The Morgan fingerprint density at radius 1 is 1.17 bits per heavy atom. The van der Waals surface area contributed by atoms with Crippen molar-refractivity contribution in [1.82, 2.24) is 4.57 Å². The van der Waals surface area contributed by atoms with Gasteiger partial charge in [0, 0.05) is 6.26 Å². The van der Waals surface area contributed by atoms with Crippen LogP contribution in [0.15, 0.2) is 52.4 Å². The molecule has 3 aromatic rings. The standard InChI is InChI=1S/C20H20N2O5S2/c1-13-5-4-6-14(9-13)10-18(23)21-20-22(12-19(24)27-2)16-8-7-15(29(3,25)26)11-17(16)28-20/h4-9,11H,10,12H2,1-3H3. The van der Waals surface area contributed by atoms with Gasteiger partial charge in [-0.15, -0.1) is 0 Å². The Kier molecular flexibility index (Phi) is 5.99. The van der Waals surface area contributed by atoms with Crippen molar-refractivity contribution in [1.29, 1.82) is 0 Å². The third-order valence-corrected chi connectivity index (χ3v) is 6.41. The lowest BCUT2D eigenvalue weighted by Crippen LogP contribution is -2.22. The number of ether oxygens (including phenoxy) is 1. The maximum Gasteiger partial charge on any atom is 0.325 e. The number of aryl methyl sites for hydroxylation is 1. The summed E-state index contributed by atoms with van der Waals surface area (Å²) in [6.45, 7) is 1.81. The molecule has 7 nitrogen and oxygen atoms in total. The van der Waals surface area contributed by atoms with Crippen LogP contribution in [0.4, 0.5) is 0 Å². The molecule has 0 atom stereocenters. The molecule has 0 spiro atoms. The van der Waals surface area contributed by atoms with E-state index in [0.29, 0.717) is 15.0 Å². The zero-order valence-electron chi connectivity index (χ0n) is 16.2. The van der Waals surface area contributed by atoms with Crippen molar-refractivity contribution in [2.45, 2.75) is 24.8 Å². The molecule has 3 rings (SSSR count). The smallest absolute Gasteiger partial charge is 0.325 e. The van der Waals surface area contributed by atoms with Crippen molar-refractivity contribution in [3.8, 4) is 0 Å². The Morgan fingerprint density at radius 3 is 2.59 bits per heavy atom. The van der Waals surface area contributed by atoms with Gasteiger partial charge in [0.1, 0.15) is 6.54 Å². The summed E-state index contributed by atoms with van der Waals surface area (Å²) in [6.07, 6.45) is 1.25. The van der Waals surface area contributed by atoms with Gasteiger partial charge in [0.2, 0.25) is 0 Å². The van der Waals surface area contributed by atoms with Crippen molar-refractivity contribution in [3.63, 3.8) is 0 Å². The number of aromatic nitrogens is 1.